The number of para-hydroxylation sites is 1. The van der Waals surface area contributed by atoms with Crippen LogP contribution in [0.25, 0.3) is 0 Å². The van der Waals surface area contributed by atoms with Crippen LogP contribution in [0.4, 0.5) is 5.69 Å². The van der Waals surface area contributed by atoms with E-state index >= 15 is 0 Å². The second-order valence-corrected chi connectivity index (χ2v) is 7.24. The van der Waals surface area contributed by atoms with Gasteiger partial charge in [0.15, 0.2) is 6.61 Å². The molecule has 0 aliphatic heterocycles. The Balaban J connectivity index is 1.70. The molecule has 2 aromatic carbocycles. The van der Waals surface area contributed by atoms with E-state index in [1.807, 2.05) is 43.3 Å². The monoisotopic (exact) mass is 416 g/mol. The Labute approximate surface area is 181 Å². The second kappa shape index (κ2) is 9.72. The molecule has 1 amide bonds. The standard InChI is InChI=1S/C24H24N4O3/c1-17-9-11-20(12-10-17)15-28-19(3)23(18(2)26-28)24(30)31-16-22(29)27(14-13-25)21-7-5-4-6-8-21/h4-12H,14-16H2,1-3H3. The van der Waals surface area contributed by atoms with Crippen molar-refractivity contribution in [3.63, 3.8) is 0 Å². The van der Waals surface area contributed by atoms with Gasteiger partial charge in [0.05, 0.1) is 24.0 Å². The SMILES string of the molecule is Cc1ccc(Cn2nc(C)c(C(=O)OCC(=O)N(CC#N)c3ccccc3)c2C)cc1. The molecule has 3 aromatic rings. The molecule has 1 aromatic heterocycles. The molecule has 31 heavy (non-hydrogen) atoms. The van der Waals surface area contributed by atoms with Crippen LogP contribution in [-0.4, -0.2) is 34.8 Å². The van der Waals surface area contributed by atoms with E-state index in [1.165, 1.54) is 10.5 Å². The number of carbonyl (C=O) groups excluding carboxylic acids is 2. The highest BCUT2D eigenvalue weighted by Gasteiger charge is 2.23. The third kappa shape index (κ3) is 5.17. The van der Waals surface area contributed by atoms with Crippen LogP contribution in [0.2, 0.25) is 0 Å². The number of aromatic nitrogens is 2. The fraction of sp³-hybridized carbons (Fsp3) is 0.250. The van der Waals surface area contributed by atoms with Gasteiger partial charge in [-0.3, -0.25) is 14.4 Å². The molecule has 0 saturated heterocycles. The Morgan fingerprint density at radius 1 is 1.06 bits per heavy atom. The first kappa shape index (κ1) is 21.8. The summed E-state index contributed by atoms with van der Waals surface area (Å²) in [6.07, 6.45) is 0. The number of nitrogens with zero attached hydrogens (tertiary/aromatic N) is 4. The van der Waals surface area contributed by atoms with Gasteiger partial charge in [-0.05, 0) is 38.5 Å². The van der Waals surface area contributed by atoms with E-state index in [4.69, 9.17) is 10.00 Å². The number of aryl methyl sites for hydroxylation is 2. The van der Waals surface area contributed by atoms with Gasteiger partial charge in [0.25, 0.3) is 5.91 Å². The number of rotatable bonds is 7. The Hall–Kier alpha value is -3.92. The van der Waals surface area contributed by atoms with E-state index in [0.29, 0.717) is 29.2 Å². The predicted octanol–water partition coefficient (Wildman–Crippen LogP) is 3.57. The van der Waals surface area contributed by atoms with Crippen molar-refractivity contribution in [2.45, 2.75) is 27.3 Å². The third-order valence-corrected chi connectivity index (χ3v) is 4.96. The number of anilines is 1. The summed E-state index contributed by atoms with van der Waals surface area (Å²) in [5.41, 5.74) is 4.38. The van der Waals surface area contributed by atoms with Gasteiger partial charge in [-0.15, -0.1) is 0 Å². The molecule has 0 bridgehead atoms. The molecule has 0 aliphatic rings. The van der Waals surface area contributed by atoms with Gasteiger partial charge in [0.2, 0.25) is 0 Å². The van der Waals surface area contributed by atoms with Crippen LogP contribution >= 0.6 is 0 Å². The van der Waals surface area contributed by atoms with Gasteiger partial charge < -0.3 is 4.74 Å². The van der Waals surface area contributed by atoms with Crippen LogP contribution in [0.1, 0.15) is 32.9 Å². The number of hydrogen-bond donors (Lipinski definition) is 0. The largest absolute Gasteiger partial charge is 0.452 e. The molecule has 0 fully saturated rings. The maximum absolute atomic E-state index is 12.7. The molecule has 7 nitrogen and oxygen atoms in total. The maximum atomic E-state index is 12.7. The fourth-order valence-corrected chi connectivity index (χ4v) is 3.29. The normalized spacial score (nSPS) is 10.4. The number of nitriles is 1. The molecule has 0 aliphatic carbocycles. The number of carbonyl (C=O) groups is 2. The lowest BCUT2D eigenvalue weighted by Gasteiger charge is -2.19. The van der Waals surface area contributed by atoms with Crippen molar-refractivity contribution in [1.29, 1.82) is 5.26 Å². The van der Waals surface area contributed by atoms with Crippen molar-refractivity contribution >= 4 is 17.6 Å². The van der Waals surface area contributed by atoms with Crippen molar-refractivity contribution < 1.29 is 14.3 Å². The van der Waals surface area contributed by atoms with Crippen molar-refractivity contribution in [3.8, 4) is 6.07 Å². The minimum absolute atomic E-state index is 0.132. The van der Waals surface area contributed by atoms with Gasteiger partial charge in [0, 0.05) is 5.69 Å². The molecule has 0 spiro atoms. The third-order valence-electron chi connectivity index (χ3n) is 4.96. The van der Waals surface area contributed by atoms with Crippen LogP contribution in [0.5, 0.6) is 0 Å². The summed E-state index contributed by atoms with van der Waals surface area (Å²) in [6.45, 7) is 5.51. The van der Waals surface area contributed by atoms with Crippen LogP contribution in [0, 0.1) is 32.1 Å². The fourth-order valence-electron chi connectivity index (χ4n) is 3.29. The summed E-state index contributed by atoms with van der Waals surface area (Å²) in [7, 11) is 0. The molecule has 0 radical (unpaired) electrons. The van der Waals surface area contributed by atoms with Crippen molar-refractivity contribution in [1.82, 2.24) is 9.78 Å². The van der Waals surface area contributed by atoms with E-state index in [1.54, 1.807) is 42.8 Å². The zero-order valence-electron chi connectivity index (χ0n) is 17.8. The zero-order chi connectivity index (χ0) is 22.4. The molecule has 0 unspecified atom stereocenters. The Bertz CT molecular complexity index is 1110. The zero-order valence-corrected chi connectivity index (χ0v) is 17.8. The predicted molar refractivity (Wildman–Crippen MR) is 117 cm³/mol. The number of esters is 1. The lowest BCUT2D eigenvalue weighted by Crippen LogP contribution is -2.35. The quantitative estimate of drug-likeness (QED) is 0.434. The highest BCUT2D eigenvalue weighted by Crippen LogP contribution is 2.17. The maximum Gasteiger partial charge on any atom is 0.342 e. The minimum atomic E-state index is -0.608. The van der Waals surface area contributed by atoms with E-state index in [0.717, 1.165) is 5.56 Å². The highest BCUT2D eigenvalue weighted by molar-refractivity contribution is 5.98. The first-order valence-electron chi connectivity index (χ1n) is 9.89. The summed E-state index contributed by atoms with van der Waals surface area (Å²) in [5, 5.41) is 13.5. The first-order chi connectivity index (χ1) is 14.9. The highest BCUT2D eigenvalue weighted by atomic mass is 16.5. The average molecular weight is 416 g/mol. The van der Waals surface area contributed by atoms with Crippen LogP contribution < -0.4 is 4.90 Å². The van der Waals surface area contributed by atoms with Crippen molar-refractivity contribution in [2.24, 2.45) is 0 Å². The lowest BCUT2D eigenvalue weighted by atomic mass is 10.1. The van der Waals surface area contributed by atoms with Crippen LogP contribution in [0.15, 0.2) is 54.6 Å². The van der Waals surface area contributed by atoms with E-state index in [2.05, 4.69) is 5.10 Å². The molecule has 7 heteroatoms. The van der Waals surface area contributed by atoms with Gasteiger partial charge in [-0.1, -0.05) is 48.0 Å². The second-order valence-electron chi connectivity index (χ2n) is 7.24. The van der Waals surface area contributed by atoms with Crippen molar-refractivity contribution in [3.05, 3.63) is 82.7 Å². The molecular weight excluding hydrogens is 392 g/mol. The lowest BCUT2D eigenvalue weighted by molar-refractivity contribution is -0.121. The first-order valence-corrected chi connectivity index (χ1v) is 9.89. The Morgan fingerprint density at radius 3 is 2.39 bits per heavy atom. The Morgan fingerprint density at radius 2 is 1.74 bits per heavy atom. The molecule has 1 heterocycles. The van der Waals surface area contributed by atoms with E-state index in [9.17, 15) is 9.59 Å². The molecular formula is C24H24N4O3. The summed E-state index contributed by atoms with van der Waals surface area (Å²) in [5.74, 6) is -1.08. The van der Waals surface area contributed by atoms with Gasteiger partial charge in [-0.25, -0.2) is 4.79 Å². The summed E-state index contributed by atoms with van der Waals surface area (Å²) in [6, 6.07) is 18.9. The van der Waals surface area contributed by atoms with Crippen molar-refractivity contribution in [2.75, 3.05) is 18.1 Å². The molecule has 3 rings (SSSR count). The van der Waals surface area contributed by atoms with Crippen LogP contribution in [-0.2, 0) is 16.1 Å². The van der Waals surface area contributed by atoms with Crippen LogP contribution in [0.3, 0.4) is 0 Å². The van der Waals surface area contributed by atoms with Gasteiger partial charge in [-0.2, -0.15) is 10.4 Å². The van der Waals surface area contributed by atoms with Gasteiger partial charge >= 0.3 is 5.97 Å². The minimum Gasteiger partial charge on any atom is -0.452 e. The summed E-state index contributed by atoms with van der Waals surface area (Å²) in [4.78, 5) is 26.6. The summed E-state index contributed by atoms with van der Waals surface area (Å²) >= 11 is 0. The van der Waals surface area contributed by atoms with E-state index in [-0.39, 0.29) is 6.54 Å². The smallest absolute Gasteiger partial charge is 0.342 e. The van der Waals surface area contributed by atoms with Gasteiger partial charge in [0.1, 0.15) is 12.1 Å². The molecule has 0 saturated carbocycles. The summed E-state index contributed by atoms with van der Waals surface area (Å²) < 4.78 is 7.04. The number of amides is 1. The number of ether oxygens (including phenoxy) is 1. The molecule has 0 atom stereocenters. The molecule has 0 N–H and O–H groups in total. The number of hydrogen-bond acceptors (Lipinski definition) is 5. The number of benzene rings is 2. The average Bonchev–Trinajstić information content (AvgIpc) is 3.05. The van der Waals surface area contributed by atoms with E-state index < -0.39 is 18.5 Å². The Kier molecular flexibility index (Phi) is 6.83. The topological polar surface area (TPSA) is 88.2 Å². The molecule has 158 valence electrons.